The molecule has 0 bridgehead atoms. The first kappa shape index (κ1) is 8.80. The van der Waals surface area contributed by atoms with Crippen molar-refractivity contribution in [1.29, 1.82) is 0 Å². The van der Waals surface area contributed by atoms with Crippen molar-refractivity contribution in [2.75, 3.05) is 27.0 Å². The highest BCUT2D eigenvalue weighted by atomic mass is 16.7. The van der Waals surface area contributed by atoms with Crippen LogP contribution in [0.3, 0.4) is 0 Å². The van der Waals surface area contributed by atoms with Crippen molar-refractivity contribution in [2.24, 2.45) is 11.5 Å². The minimum absolute atomic E-state index is 0.149. The first-order valence-electron chi connectivity index (χ1n) is 2.55. The molecule has 0 heterocycles. The fourth-order valence-electron chi connectivity index (χ4n) is 0.248. The molecule has 0 aromatic carbocycles. The molecule has 0 aliphatic heterocycles. The van der Waals surface area contributed by atoms with Gasteiger partial charge in [-0.1, -0.05) is 0 Å². The van der Waals surface area contributed by atoms with Gasteiger partial charge in [0.05, 0.1) is 13.5 Å². The molecule has 0 aliphatic carbocycles. The fourth-order valence-corrected chi connectivity index (χ4v) is 0.248. The Bertz CT molecular complexity index is 47.1. The van der Waals surface area contributed by atoms with E-state index in [-0.39, 0.29) is 27.0 Å². The van der Waals surface area contributed by atoms with E-state index in [1.165, 1.54) is 0 Å². The second-order valence-electron chi connectivity index (χ2n) is 1.18. The summed E-state index contributed by atoms with van der Waals surface area (Å²) in [5.74, 6) is 0. The Kier molecular flexibility index (Phi) is 7.63. The maximum Gasteiger partial charge on any atom is 0.151 e. The van der Waals surface area contributed by atoms with Crippen LogP contribution in [0.1, 0.15) is 0 Å². The highest BCUT2D eigenvalue weighted by Crippen LogP contribution is 1.75. The molecule has 0 atom stereocenters. The molecule has 0 unspecified atom stereocenters. The third kappa shape index (κ3) is 7.80. The van der Waals surface area contributed by atoms with Gasteiger partial charge in [-0.3, -0.25) is 0 Å². The van der Waals surface area contributed by atoms with Crippen LogP contribution in [0.5, 0.6) is 0 Å². The van der Waals surface area contributed by atoms with Crippen molar-refractivity contribution >= 4 is 0 Å². The Balaban J connectivity index is 2.60. The molecule has 0 saturated carbocycles. The maximum absolute atomic E-state index is 4.98. The lowest BCUT2D eigenvalue weighted by Gasteiger charge is -2.01. The van der Waals surface area contributed by atoms with Crippen LogP contribution >= 0.6 is 0 Å². The summed E-state index contributed by atoms with van der Waals surface area (Å²) >= 11 is 0. The zero-order valence-corrected chi connectivity index (χ0v) is 5.21. The summed E-state index contributed by atoms with van der Waals surface area (Å²) in [6.45, 7) is 0.609. The summed E-state index contributed by atoms with van der Waals surface area (Å²) in [5, 5.41) is 0. The Morgan fingerprint density at radius 3 is 1.56 bits per heavy atom. The summed E-state index contributed by atoms with van der Waals surface area (Å²) < 4.78 is 13.9. The maximum atomic E-state index is 4.98. The lowest BCUT2D eigenvalue weighted by atomic mass is 11.2. The molecular weight excluding hydrogens is 124 g/mol. The topological polar surface area (TPSA) is 79.7 Å². The van der Waals surface area contributed by atoms with Crippen molar-refractivity contribution in [1.82, 2.24) is 0 Å². The van der Waals surface area contributed by atoms with Crippen LogP contribution in [0.4, 0.5) is 0 Å². The van der Waals surface area contributed by atoms with Crippen molar-refractivity contribution in [3.05, 3.63) is 0 Å². The number of rotatable bonds is 6. The van der Waals surface area contributed by atoms with Gasteiger partial charge >= 0.3 is 0 Å². The molecule has 0 rings (SSSR count). The smallest absolute Gasteiger partial charge is 0.151 e. The standard InChI is InChI=1S/C4H12N2O3/c5-1-7-3-9-4-8-2-6/h1-6H2. The van der Waals surface area contributed by atoms with E-state index in [0.29, 0.717) is 0 Å². The molecule has 0 aliphatic rings. The predicted molar refractivity (Wildman–Crippen MR) is 31.1 cm³/mol. The highest BCUT2D eigenvalue weighted by Gasteiger charge is 1.82. The third-order valence-corrected chi connectivity index (χ3v) is 0.569. The Morgan fingerprint density at radius 2 is 1.22 bits per heavy atom. The molecular formula is C4H12N2O3. The Labute approximate surface area is 53.9 Å². The molecule has 0 spiro atoms. The molecule has 4 N–H and O–H groups in total. The Morgan fingerprint density at radius 1 is 0.778 bits per heavy atom. The van der Waals surface area contributed by atoms with Crippen molar-refractivity contribution in [3.63, 3.8) is 0 Å². The van der Waals surface area contributed by atoms with Crippen LogP contribution in [0.15, 0.2) is 0 Å². The van der Waals surface area contributed by atoms with Gasteiger partial charge in [0, 0.05) is 0 Å². The van der Waals surface area contributed by atoms with Gasteiger partial charge in [0.1, 0.15) is 0 Å². The first-order chi connectivity index (χ1) is 4.41. The van der Waals surface area contributed by atoms with Gasteiger partial charge in [-0.2, -0.15) is 0 Å². The van der Waals surface area contributed by atoms with E-state index >= 15 is 0 Å². The molecule has 0 aromatic rings. The molecule has 5 heteroatoms. The van der Waals surface area contributed by atoms with Gasteiger partial charge in [0.15, 0.2) is 13.6 Å². The van der Waals surface area contributed by atoms with Gasteiger partial charge in [0.25, 0.3) is 0 Å². The van der Waals surface area contributed by atoms with Crippen molar-refractivity contribution in [3.8, 4) is 0 Å². The predicted octanol–water partition coefficient (Wildman–Crippen LogP) is -1.22. The average molecular weight is 136 g/mol. The number of nitrogens with two attached hydrogens (primary N) is 2. The quantitative estimate of drug-likeness (QED) is 0.353. The van der Waals surface area contributed by atoms with Gasteiger partial charge in [-0.25, -0.2) is 0 Å². The van der Waals surface area contributed by atoms with Crippen molar-refractivity contribution < 1.29 is 14.2 Å². The van der Waals surface area contributed by atoms with E-state index in [1.54, 1.807) is 0 Å². The highest BCUT2D eigenvalue weighted by molar-refractivity contribution is 4.06. The second kappa shape index (κ2) is 7.80. The zero-order valence-electron chi connectivity index (χ0n) is 5.21. The molecule has 0 aromatic heterocycles. The lowest BCUT2D eigenvalue weighted by molar-refractivity contribution is -0.129. The van der Waals surface area contributed by atoms with E-state index in [1.807, 2.05) is 0 Å². The van der Waals surface area contributed by atoms with Crippen LogP contribution in [0.25, 0.3) is 0 Å². The van der Waals surface area contributed by atoms with Crippen LogP contribution in [-0.4, -0.2) is 27.0 Å². The molecule has 0 radical (unpaired) electrons. The van der Waals surface area contributed by atoms with E-state index < -0.39 is 0 Å². The molecule has 9 heavy (non-hydrogen) atoms. The second-order valence-corrected chi connectivity index (χ2v) is 1.18. The SMILES string of the molecule is NCOCOCOCN. The summed E-state index contributed by atoms with van der Waals surface area (Å²) in [6, 6.07) is 0. The largest absolute Gasteiger partial charge is 0.340 e. The van der Waals surface area contributed by atoms with Crippen LogP contribution < -0.4 is 11.5 Å². The first-order valence-corrected chi connectivity index (χ1v) is 2.55. The summed E-state index contributed by atoms with van der Waals surface area (Å²) in [7, 11) is 0. The van der Waals surface area contributed by atoms with Crippen LogP contribution in [0.2, 0.25) is 0 Å². The van der Waals surface area contributed by atoms with Crippen molar-refractivity contribution in [2.45, 2.75) is 0 Å². The average Bonchev–Trinajstić information content (AvgIpc) is 1.89. The van der Waals surface area contributed by atoms with Crippen LogP contribution in [-0.2, 0) is 14.2 Å². The number of hydrogen-bond acceptors (Lipinski definition) is 5. The monoisotopic (exact) mass is 136 g/mol. The van der Waals surface area contributed by atoms with E-state index in [9.17, 15) is 0 Å². The zero-order chi connectivity index (χ0) is 6.95. The summed E-state index contributed by atoms with van der Waals surface area (Å²) in [6.07, 6.45) is 0. The van der Waals surface area contributed by atoms with E-state index in [2.05, 4.69) is 9.47 Å². The van der Waals surface area contributed by atoms with Gasteiger partial charge in [-0.05, 0) is 0 Å². The minimum Gasteiger partial charge on any atom is -0.340 e. The lowest BCUT2D eigenvalue weighted by Crippen LogP contribution is -2.12. The summed E-state index contributed by atoms with van der Waals surface area (Å²) in [4.78, 5) is 0. The van der Waals surface area contributed by atoms with Gasteiger partial charge in [-0.15, -0.1) is 0 Å². The fraction of sp³-hybridized carbons (Fsp3) is 1.00. The number of hydrogen-bond donors (Lipinski definition) is 2. The molecule has 0 amide bonds. The van der Waals surface area contributed by atoms with Gasteiger partial charge < -0.3 is 25.7 Å². The van der Waals surface area contributed by atoms with E-state index in [4.69, 9.17) is 16.2 Å². The molecule has 0 fully saturated rings. The molecule has 0 saturated heterocycles. The van der Waals surface area contributed by atoms with Gasteiger partial charge in [0.2, 0.25) is 0 Å². The summed E-state index contributed by atoms with van der Waals surface area (Å²) in [5.41, 5.74) is 9.95. The molecule has 5 nitrogen and oxygen atoms in total. The minimum atomic E-state index is 0.149. The Hall–Kier alpha value is -0.200. The molecule has 56 valence electrons. The van der Waals surface area contributed by atoms with E-state index in [0.717, 1.165) is 0 Å². The third-order valence-electron chi connectivity index (χ3n) is 0.569. The number of ether oxygens (including phenoxy) is 3. The normalized spacial score (nSPS) is 10.0. The van der Waals surface area contributed by atoms with Crippen LogP contribution in [0, 0.1) is 0 Å².